The van der Waals surface area contributed by atoms with Gasteiger partial charge in [0.05, 0.1) is 29.1 Å². The Morgan fingerprint density at radius 1 is 1.18 bits per heavy atom. The Balaban J connectivity index is 1.57. The van der Waals surface area contributed by atoms with Crippen LogP contribution in [0.4, 0.5) is 16.5 Å². The number of halogens is 1. The van der Waals surface area contributed by atoms with Crippen molar-refractivity contribution in [3.05, 3.63) is 58.5 Å². The summed E-state index contributed by atoms with van der Waals surface area (Å²) in [6.07, 6.45) is 1.41. The topological polar surface area (TPSA) is 113 Å². The maximum absolute atomic E-state index is 12.2. The molecule has 8 nitrogen and oxygen atoms in total. The minimum absolute atomic E-state index is 0.0108. The Bertz CT molecular complexity index is 1020. The second-order valence-corrected chi connectivity index (χ2v) is 6.94. The van der Waals surface area contributed by atoms with Gasteiger partial charge >= 0.3 is 0 Å². The van der Waals surface area contributed by atoms with Gasteiger partial charge in [-0.1, -0.05) is 11.6 Å². The van der Waals surface area contributed by atoms with Gasteiger partial charge in [0.1, 0.15) is 0 Å². The van der Waals surface area contributed by atoms with E-state index in [9.17, 15) is 14.4 Å². The molecule has 10 heteroatoms. The van der Waals surface area contributed by atoms with Crippen molar-refractivity contribution in [2.45, 2.75) is 13.3 Å². The van der Waals surface area contributed by atoms with E-state index in [1.165, 1.54) is 30.6 Å². The highest BCUT2D eigenvalue weighted by Crippen LogP contribution is 2.26. The van der Waals surface area contributed by atoms with E-state index in [4.69, 9.17) is 16.0 Å². The number of rotatable bonds is 6. The molecule has 1 aromatic carbocycles. The smallest absolute Gasteiger partial charge is 0.293 e. The second kappa shape index (κ2) is 8.68. The zero-order valence-electron chi connectivity index (χ0n) is 14.6. The molecule has 3 amide bonds. The number of benzene rings is 1. The lowest BCUT2D eigenvalue weighted by Gasteiger charge is -2.09. The Labute approximate surface area is 168 Å². The third kappa shape index (κ3) is 5.18. The number of hydrogen-bond donors (Lipinski definition) is 3. The van der Waals surface area contributed by atoms with Crippen LogP contribution >= 0.6 is 22.9 Å². The maximum Gasteiger partial charge on any atom is 0.293 e. The van der Waals surface area contributed by atoms with Crippen molar-refractivity contribution in [2.75, 3.05) is 16.0 Å². The lowest BCUT2D eigenvalue weighted by molar-refractivity contribution is -0.116. The summed E-state index contributed by atoms with van der Waals surface area (Å²) in [5.41, 5.74) is 1.46. The summed E-state index contributed by atoms with van der Waals surface area (Å²) in [5, 5.41) is 10.2. The maximum atomic E-state index is 12.2. The molecular formula is C18H15ClN4O4S. The van der Waals surface area contributed by atoms with Crippen LogP contribution in [0, 0.1) is 0 Å². The van der Waals surface area contributed by atoms with Gasteiger partial charge in [0.15, 0.2) is 10.9 Å². The highest BCUT2D eigenvalue weighted by atomic mass is 35.5. The number of carbonyl (C=O) groups is 3. The summed E-state index contributed by atoms with van der Waals surface area (Å²) in [4.78, 5) is 39.4. The normalized spacial score (nSPS) is 10.4. The van der Waals surface area contributed by atoms with E-state index in [1.807, 2.05) is 0 Å². The number of thiazole rings is 1. The number of hydrogen-bond acceptors (Lipinski definition) is 6. The third-order valence-electron chi connectivity index (χ3n) is 3.42. The van der Waals surface area contributed by atoms with Crippen LogP contribution < -0.4 is 16.0 Å². The van der Waals surface area contributed by atoms with Crippen LogP contribution in [-0.4, -0.2) is 22.7 Å². The summed E-state index contributed by atoms with van der Waals surface area (Å²) >= 11 is 7.34. The van der Waals surface area contributed by atoms with Crippen LogP contribution in [-0.2, 0) is 16.0 Å². The van der Waals surface area contributed by atoms with Crippen LogP contribution in [0.15, 0.2) is 46.4 Å². The molecule has 144 valence electrons. The van der Waals surface area contributed by atoms with Gasteiger partial charge in [0.2, 0.25) is 11.8 Å². The SMILES string of the molecule is CC(=O)Nc1ccc(NC(=O)Cc2csc(NC(=O)c3ccco3)n2)c(Cl)c1. The van der Waals surface area contributed by atoms with E-state index < -0.39 is 5.91 Å². The molecule has 3 N–H and O–H groups in total. The first kappa shape index (κ1) is 19.6. The van der Waals surface area contributed by atoms with Crippen LogP contribution in [0.3, 0.4) is 0 Å². The molecule has 0 unspecified atom stereocenters. The third-order valence-corrected chi connectivity index (χ3v) is 4.54. The fourth-order valence-electron chi connectivity index (χ4n) is 2.27. The van der Waals surface area contributed by atoms with Crippen molar-refractivity contribution < 1.29 is 18.8 Å². The average molecular weight is 419 g/mol. The lowest BCUT2D eigenvalue weighted by Crippen LogP contribution is -2.15. The number of aromatic nitrogens is 1. The van der Waals surface area contributed by atoms with Crippen LogP contribution in [0.2, 0.25) is 5.02 Å². The number of nitrogens with one attached hydrogen (secondary N) is 3. The van der Waals surface area contributed by atoms with Crippen molar-refractivity contribution in [1.82, 2.24) is 4.98 Å². The van der Waals surface area contributed by atoms with Crippen LogP contribution in [0.5, 0.6) is 0 Å². The molecule has 0 saturated heterocycles. The van der Waals surface area contributed by atoms with Gasteiger partial charge in [-0.3, -0.25) is 19.7 Å². The molecule has 3 rings (SSSR count). The van der Waals surface area contributed by atoms with Gasteiger partial charge in [-0.2, -0.15) is 0 Å². The predicted molar refractivity (Wildman–Crippen MR) is 107 cm³/mol. The fraction of sp³-hybridized carbons (Fsp3) is 0.111. The number of anilines is 3. The summed E-state index contributed by atoms with van der Waals surface area (Å²) in [6.45, 7) is 1.39. The van der Waals surface area contributed by atoms with Gasteiger partial charge in [0, 0.05) is 18.0 Å². The number of nitrogens with zero attached hydrogens (tertiary/aromatic N) is 1. The average Bonchev–Trinajstić information content (AvgIpc) is 3.29. The monoisotopic (exact) mass is 418 g/mol. The number of furan rings is 1. The first-order valence-corrected chi connectivity index (χ1v) is 9.32. The van der Waals surface area contributed by atoms with Gasteiger partial charge in [-0.15, -0.1) is 11.3 Å². The molecule has 0 atom stereocenters. The van der Waals surface area contributed by atoms with Crippen LogP contribution in [0.25, 0.3) is 0 Å². The summed E-state index contributed by atoms with van der Waals surface area (Å²) in [5.74, 6) is -0.775. The lowest BCUT2D eigenvalue weighted by atomic mass is 10.2. The van der Waals surface area contributed by atoms with Crippen molar-refractivity contribution in [3.8, 4) is 0 Å². The molecule has 0 fully saturated rings. The van der Waals surface area contributed by atoms with Crippen LogP contribution in [0.1, 0.15) is 23.2 Å². The number of carbonyl (C=O) groups excluding carboxylic acids is 3. The molecule has 0 aliphatic rings. The zero-order chi connectivity index (χ0) is 20.1. The minimum Gasteiger partial charge on any atom is -0.459 e. The highest BCUT2D eigenvalue weighted by molar-refractivity contribution is 7.14. The van der Waals surface area contributed by atoms with E-state index in [1.54, 1.807) is 29.6 Å². The molecule has 0 radical (unpaired) electrons. The summed E-state index contributed by atoms with van der Waals surface area (Å²) in [7, 11) is 0. The van der Waals surface area contributed by atoms with Crippen molar-refractivity contribution in [2.24, 2.45) is 0 Å². The van der Waals surface area contributed by atoms with Gasteiger partial charge in [-0.05, 0) is 30.3 Å². The molecule has 3 aromatic rings. The van der Waals surface area contributed by atoms with Gasteiger partial charge in [-0.25, -0.2) is 4.98 Å². The molecule has 0 spiro atoms. The zero-order valence-corrected chi connectivity index (χ0v) is 16.2. The van der Waals surface area contributed by atoms with E-state index >= 15 is 0 Å². The standard InChI is InChI=1S/C18H15ClN4O4S/c1-10(24)20-11-4-5-14(13(19)7-11)22-16(25)8-12-9-28-18(21-12)23-17(26)15-3-2-6-27-15/h2-7,9H,8H2,1H3,(H,20,24)(H,22,25)(H,21,23,26). The minimum atomic E-state index is -0.415. The fourth-order valence-corrected chi connectivity index (χ4v) is 3.20. The van der Waals surface area contributed by atoms with E-state index in [2.05, 4.69) is 20.9 Å². The van der Waals surface area contributed by atoms with E-state index in [0.717, 1.165) is 0 Å². The number of amides is 3. The molecule has 2 heterocycles. The summed E-state index contributed by atoms with van der Waals surface area (Å²) < 4.78 is 5.01. The Morgan fingerprint density at radius 2 is 2.00 bits per heavy atom. The van der Waals surface area contributed by atoms with Crippen molar-refractivity contribution >= 4 is 57.2 Å². The van der Waals surface area contributed by atoms with E-state index in [0.29, 0.717) is 27.2 Å². The van der Waals surface area contributed by atoms with Crippen molar-refractivity contribution in [3.63, 3.8) is 0 Å². The first-order chi connectivity index (χ1) is 13.4. The molecule has 28 heavy (non-hydrogen) atoms. The Morgan fingerprint density at radius 3 is 2.68 bits per heavy atom. The second-order valence-electron chi connectivity index (χ2n) is 5.68. The molecular weight excluding hydrogens is 404 g/mol. The molecule has 0 aliphatic carbocycles. The Kier molecular flexibility index (Phi) is 6.07. The van der Waals surface area contributed by atoms with Gasteiger partial charge in [0.25, 0.3) is 5.91 Å². The quantitative estimate of drug-likeness (QED) is 0.563. The van der Waals surface area contributed by atoms with Crippen molar-refractivity contribution in [1.29, 1.82) is 0 Å². The largest absolute Gasteiger partial charge is 0.459 e. The highest BCUT2D eigenvalue weighted by Gasteiger charge is 2.14. The molecule has 0 aliphatic heterocycles. The molecule has 2 aromatic heterocycles. The van der Waals surface area contributed by atoms with E-state index in [-0.39, 0.29) is 24.0 Å². The molecule has 0 bridgehead atoms. The van der Waals surface area contributed by atoms with Gasteiger partial charge < -0.3 is 15.1 Å². The first-order valence-electron chi connectivity index (χ1n) is 8.07. The summed E-state index contributed by atoms with van der Waals surface area (Å²) in [6, 6.07) is 7.93. The molecule has 0 saturated carbocycles. The predicted octanol–water partition coefficient (Wildman–Crippen LogP) is 3.78. The Hall–Kier alpha value is -3.17.